The minimum atomic E-state index is -0.816. The van der Waals surface area contributed by atoms with Crippen LogP contribution in [0.3, 0.4) is 0 Å². The summed E-state index contributed by atoms with van der Waals surface area (Å²) in [6, 6.07) is 19.1. The van der Waals surface area contributed by atoms with Crippen molar-refractivity contribution >= 4 is 45.8 Å². The fourth-order valence-electron chi connectivity index (χ4n) is 3.13. The molecule has 3 amide bonds. The highest BCUT2D eigenvalue weighted by Crippen LogP contribution is 2.22. The van der Waals surface area contributed by atoms with Crippen molar-refractivity contribution in [2.24, 2.45) is 0 Å². The Morgan fingerprint density at radius 3 is 2.40 bits per heavy atom. The molecule has 0 radical (unpaired) electrons. The van der Waals surface area contributed by atoms with Gasteiger partial charge in [-0.1, -0.05) is 60.1 Å². The van der Waals surface area contributed by atoms with Crippen molar-refractivity contribution in [1.29, 1.82) is 0 Å². The van der Waals surface area contributed by atoms with Crippen LogP contribution in [0.4, 0.5) is 5.69 Å². The lowest BCUT2D eigenvalue weighted by molar-refractivity contribution is -0.134. The molecule has 0 saturated heterocycles. The summed E-state index contributed by atoms with van der Waals surface area (Å²) in [5.41, 5.74) is 0.967. The molecule has 6 nitrogen and oxygen atoms in total. The number of anilines is 1. The average Bonchev–Trinajstić information content (AvgIpc) is 2.73. The molecule has 0 spiro atoms. The molecule has 0 aliphatic heterocycles. The van der Waals surface area contributed by atoms with Gasteiger partial charge in [0.1, 0.15) is 6.04 Å². The van der Waals surface area contributed by atoms with Crippen LogP contribution in [0.5, 0.6) is 0 Å². The monoisotopic (exact) mass is 423 g/mol. The summed E-state index contributed by atoms with van der Waals surface area (Å²) in [5.74, 6) is -1.16. The number of likely N-dealkylation sites (N-methyl/N-ethyl adjacent to an activating group) is 1. The SMILES string of the molecule is C[C@@H](NC(=O)c1ccccc1Cl)C(=O)N(C)CC(=O)Nc1cccc2ccccc12. The molecule has 0 aliphatic rings. The van der Waals surface area contributed by atoms with Gasteiger partial charge in [-0.3, -0.25) is 14.4 Å². The third-order valence-electron chi connectivity index (χ3n) is 4.66. The molecule has 0 saturated carbocycles. The van der Waals surface area contributed by atoms with E-state index in [-0.39, 0.29) is 23.9 Å². The summed E-state index contributed by atoms with van der Waals surface area (Å²) in [6.45, 7) is 1.42. The highest BCUT2D eigenvalue weighted by Gasteiger charge is 2.22. The number of hydrogen-bond acceptors (Lipinski definition) is 3. The lowest BCUT2D eigenvalue weighted by Gasteiger charge is -2.22. The minimum absolute atomic E-state index is 0.144. The van der Waals surface area contributed by atoms with E-state index in [2.05, 4.69) is 10.6 Å². The van der Waals surface area contributed by atoms with Crippen LogP contribution >= 0.6 is 11.6 Å². The van der Waals surface area contributed by atoms with E-state index in [9.17, 15) is 14.4 Å². The van der Waals surface area contributed by atoms with Gasteiger partial charge in [0.15, 0.2) is 0 Å². The van der Waals surface area contributed by atoms with E-state index in [1.807, 2.05) is 42.5 Å². The first kappa shape index (κ1) is 21.3. The summed E-state index contributed by atoms with van der Waals surface area (Å²) in [5, 5.41) is 7.70. The van der Waals surface area contributed by atoms with Crippen LogP contribution in [0, 0.1) is 0 Å². The Balaban J connectivity index is 1.59. The Bertz CT molecular complexity index is 1090. The van der Waals surface area contributed by atoms with Crippen molar-refractivity contribution in [3.8, 4) is 0 Å². The molecule has 3 rings (SSSR count). The zero-order valence-electron chi connectivity index (χ0n) is 16.7. The van der Waals surface area contributed by atoms with Gasteiger partial charge in [0.05, 0.1) is 17.1 Å². The zero-order valence-corrected chi connectivity index (χ0v) is 17.4. The molecule has 3 aromatic carbocycles. The van der Waals surface area contributed by atoms with E-state index in [1.165, 1.54) is 11.9 Å². The average molecular weight is 424 g/mol. The van der Waals surface area contributed by atoms with E-state index in [4.69, 9.17) is 11.6 Å². The standard InChI is InChI=1S/C23H22ClN3O3/c1-15(25-22(29)18-11-5-6-12-19(18)24)23(30)27(2)14-21(28)26-20-13-7-9-16-8-3-4-10-17(16)20/h3-13,15H,14H2,1-2H3,(H,25,29)(H,26,28)/t15-/m1/s1. The first-order valence-electron chi connectivity index (χ1n) is 9.45. The van der Waals surface area contributed by atoms with Crippen LogP contribution in [-0.4, -0.2) is 42.3 Å². The van der Waals surface area contributed by atoms with Crippen molar-refractivity contribution in [3.63, 3.8) is 0 Å². The smallest absolute Gasteiger partial charge is 0.253 e. The number of nitrogens with zero attached hydrogens (tertiary/aromatic N) is 1. The number of rotatable bonds is 6. The number of halogens is 1. The van der Waals surface area contributed by atoms with E-state index >= 15 is 0 Å². The second-order valence-electron chi connectivity index (χ2n) is 6.94. The van der Waals surface area contributed by atoms with Crippen LogP contribution < -0.4 is 10.6 Å². The summed E-state index contributed by atoms with van der Waals surface area (Å²) in [7, 11) is 1.52. The molecular weight excluding hydrogens is 402 g/mol. The fraction of sp³-hybridized carbons (Fsp3) is 0.174. The number of amides is 3. The van der Waals surface area contributed by atoms with E-state index < -0.39 is 11.9 Å². The highest BCUT2D eigenvalue weighted by molar-refractivity contribution is 6.33. The normalized spacial score (nSPS) is 11.6. The van der Waals surface area contributed by atoms with Gasteiger partial charge in [-0.2, -0.15) is 0 Å². The first-order chi connectivity index (χ1) is 14.4. The molecule has 0 bridgehead atoms. The molecular formula is C23H22ClN3O3. The van der Waals surface area contributed by atoms with E-state index in [0.717, 1.165) is 10.8 Å². The molecule has 2 N–H and O–H groups in total. The number of carbonyl (C=O) groups excluding carboxylic acids is 3. The van der Waals surface area contributed by atoms with Crippen molar-refractivity contribution < 1.29 is 14.4 Å². The van der Waals surface area contributed by atoms with E-state index in [0.29, 0.717) is 10.7 Å². The molecule has 0 unspecified atom stereocenters. The highest BCUT2D eigenvalue weighted by atomic mass is 35.5. The molecule has 30 heavy (non-hydrogen) atoms. The molecule has 7 heteroatoms. The number of nitrogens with one attached hydrogen (secondary N) is 2. The topological polar surface area (TPSA) is 78.5 Å². The largest absolute Gasteiger partial charge is 0.340 e. The number of carbonyl (C=O) groups is 3. The lowest BCUT2D eigenvalue weighted by Crippen LogP contribution is -2.47. The molecule has 0 fully saturated rings. The molecule has 1 atom stereocenters. The first-order valence-corrected chi connectivity index (χ1v) is 9.82. The van der Waals surface area contributed by atoms with Gasteiger partial charge in [0.25, 0.3) is 5.91 Å². The molecule has 3 aromatic rings. The zero-order chi connectivity index (χ0) is 21.7. The van der Waals surface area contributed by atoms with Gasteiger partial charge >= 0.3 is 0 Å². The number of hydrogen-bond donors (Lipinski definition) is 2. The predicted molar refractivity (Wildman–Crippen MR) is 119 cm³/mol. The van der Waals surface area contributed by atoms with Gasteiger partial charge in [-0.15, -0.1) is 0 Å². The number of benzene rings is 3. The molecule has 0 aliphatic carbocycles. The second-order valence-corrected chi connectivity index (χ2v) is 7.35. The minimum Gasteiger partial charge on any atom is -0.340 e. The fourth-order valence-corrected chi connectivity index (χ4v) is 3.35. The van der Waals surface area contributed by atoms with Crippen molar-refractivity contribution in [1.82, 2.24) is 10.2 Å². The summed E-state index contributed by atoms with van der Waals surface area (Å²) in [6.07, 6.45) is 0. The lowest BCUT2D eigenvalue weighted by atomic mass is 10.1. The van der Waals surface area contributed by atoms with Crippen molar-refractivity contribution in [2.75, 3.05) is 18.9 Å². The quantitative estimate of drug-likeness (QED) is 0.634. The Kier molecular flexibility index (Phi) is 6.69. The molecule has 154 valence electrons. The summed E-state index contributed by atoms with van der Waals surface area (Å²) < 4.78 is 0. The third-order valence-corrected chi connectivity index (χ3v) is 4.99. The third kappa shape index (κ3) is 4.96. The second kappa shape index (κ2) is 9.41. The molecule has 0 heterocycles. The maximum absolute atomic E-state index is 12.6. The molecule has 0 aromatic heterocycles. The van der Waals surface area contributed by atoms with Gasteiger partial charge in [-0.25, -0.2) is 0 Å². The Morgan fingerprint density at radius 1 is 0.967 bits per heavy atom. The van der Waals surface area contributed by atoms with Crippen molar-refractivity contribution in [3.05, 3.63) is 77.3 Å². The summed E-state index contributed by atoms with van der Waals surface area (Å²) >= 11 is 6.02. The Morgan fingerprint density at radius 2 is 1.63 bits per heavy atom. The predicted octanol–water partition coefficient (Wildman–Crippen LogP) is 3.71. The van der Waals surface area contributed by atoms with Gasteiger partial charge in [0, 0.05) is 18.1 Å². The summed E-state index contributed by atoms with van der Waals surface area (Å²) in [4.78, 5) is 38.7. The van der Waals surface area contributed by atoms with Gasteiger partial charge < -0.3 is 15.5 Å². The Labute approximate surface area is 179 Å². The van der Waals surface area contributed by atoms with Gasteiger partial charge in [0.2, 0.25) is 11.8 Å². The van der Waals surface area contributed by atoms with Crippen molar-refractivity contribution in [2.45, 2.75) is 13.0 Å². The van der Waals surface area contributed by atoms with Crippen LogP contribution in [-0.2, 0) is 9.59 Å². The van der Waals surface area contributed by atoms with Crippen LogP contribution in [0.25, 0.3) is 10.8 Å². The maximum Gasteiger partial charge on any atom is 0.253 e. The maximum atomic E-state index is 12.6. The van der Waals surface area contributed by atoms with Crippen LogP contribution in [0.2, 0.25) is 5.02 Å². The van der Waals surface area contributed by atoms with E-state index in [1.54, 1.807) is 31.2 Å². The number of fused-ring (bicyclic) bond motifs is 1. The Hall–Kier alpha value is -3.38. The van der Waals surface area contributed by atoms with Crippen LogP contribution in [0.15, 0.2) is 66.7 Å². The van der Waals surface area contributed by atoms with Crippen LogP contribution in [0.1, 0.15) is 17.3 Å². The van der Waals surface area contributed by atoms with Gasteiger partial charge in [-0.05, 0) is 30.5 Å².